The van der Waals surface area contributed by atoms with E-state index < -0.39 is 0 Å². The molecule has 1 radical (unpaired) electrons. The first-order valence-electron chi connectivity index (χ1n) is 8.19. The van der Waals surface area contributed by atoms with Gasteiger partial charge >= 0.3 is 7.62 Å². The normalized spacial score (nSPS) is 11.3. The predicted molar refractivity (Wildman–Crippen MR) is 110 cm³/mol. The Morgan fingerprint density at radius 2 is 2.19 bits per heavy atom. The molecule has 0 bridgehead atoms. The highest BCUT2D eigenvalue weighted by molar-refractivity contribution is 9.10. The van der Waals surface area contributed by atoms with Crippen molar-refractivity contribution in [1.29, 1.82) is 0 Å². The Labute approximate surface area is 166 Å². The molecular weight excluding hydrogens is 416 g/mol. The number of halogens is 2. The van der Waals surface area contributed by atoms with Crippen LogP contribution in [-0.2, 0) is 4.65 Å². The molecule has 0 atom stereocenters. The van der Waals surface area contributed by atoms with Crippen LogP contribution in [0.1, 0.15) is 6.42 Å². The molecule has 0 unspecified atom stereocenters. The van der Waals surface area contributed by atoms with Gasteiger partial charge in [0, 0.05) is 30.3 Å². The maximum atomic E-state index is 6.35. The summed E-state index contributed by atoms with van der Waals surface area (Å²) in [6.45, 7) is 1.68. The number of hydrogen-bond acceptors (Lipinski definition) is 5. The SMILES string of the molecule is CO[B]N(C)CCCNc1cc(-c2ccccc2Cl)nc2c(Br)cnn12. The van der Waals surface area contributed by atoms with Crippen LogP contribution in [0.25, 0.3) is 16.9 Å². The van der Waals surface area contributed by atoms with Crippen molar-refractivity contribution in [2.75, 3.05) is 32.6 Å². The highest BCUT2D eigenvalue weighted by atomic mass is 79.9. The first kappa shape index (κ1) is 19.2. The average molecular weight is 436 g/mol. The van der Waals surface area contributed by atoms with Crippen LogP contribution in [0.2, 0.25) is 5.02 Å². The van der Waals surface area contributed by atoms with Gasteiger partial charge in [-0.1, -0.05) is 29.8 Å². The molecule has 3 aromatic rings. The first-order valence-corrected chi connectivity index (χ1v) is 9.36. The Balaban J connectivity index is 1.84. The maximum Gasteiger partial charge on any atom is 0.398 e. The van der Waals surface area contributed by atoms with Crippen LogP contribution >= 0.6 is 27.5 Å². The lowest BCUT2D eigenvalue weighted by atomic mass is 10.1. The third-order valence-electron chi connectivity index (χ3n) is 3.86. The monoisotopic (exact) mass is 434 g/mol. The van der Waals surface area contributed by atoms with Crippen LogP contribution in [0.3, 0.4) is 0 Å². The fourth-order valence-corrected chi connectivity index (χ4v) is 3.23. The molecule has 0 aliphatic rings. The molecule has 1 aromatic carbocycles. The number of nitrogens with one attached hydrogen (secondary N) is 1. The average Bonchev–Trinajstić information content (AvgIpc) is 3.00. The van der Waals surface area contributed by atoms with E-state index in [4.69, 9.17) is 21.2 Å². The summed E-state index contributed by atoms with van der Waals surface area (Å²) in [6.07, 6.45) is 2.69. The smallest absolute Gasteiger partial charge is 0.398 e. The van der Waals surface area contributed by atoms with Crippen LogP contribution in [0.5, 0.6) is 0 Å². The number of nitrogens with zero attached hydrogens (tertiary/aromatic N) is 4. The lowest BCUT2D eigenvalue weighted by Crippen LogP contribution is -2.27. The topological polar surface area (TPSA) is 54.7 Å². The van der Waals surface area contributed by atoms with Gasteiger partial charge in [0.25, 0.3) is 0 Å². The minimum absolute atomic E-state index is 0.669. The number of benzene rings is 1. The van der Waals surface area contributed by atoms with Crippen LogP contribution in [-0.4, -0.2) is 54.3 Å². The summed E-state index contributed by atoms with van der Waals surface area (Å²) >= 11 is 9.87. The summed E-state index contributed by atoms with van der Waals surface area (Å²) in [6, 6.07) is 9.66. The Morgan fingerprint density at radius 3 is 2.96 bits per heavy atom. The molecule has 0 aliphatic carbocycles. The van der Waals surface area contributed by atoms with Gasteiger partial charge in [0.15, 0.2) is 5.65 Å². The molecule has 3 rings (SSSR count). The summed E-state index contributed by atoms with van der Waals surface area (Å²) < 4.78 is 7.62. The first-order chi connectivity index (χ1) is 12.6. The van der Waals surface area contributed by atoms with Gasteiger partial charge in [-0.2, -0.15) is 9.61 Å². The minimum atomic E-state index is 0.669. The van der Waals surface area contributed by atoms with E-state index in [0.717, 1.165) is 46.7 Å². The summed E-state index contributed by atoms with van der Waals surface area (Å²) in [5.41, 5.74) is 2.44. The van der Waals surface area contributed by atoms with E-state index >= 15 is 0 Å². The van der Waals surface area contributed by atoms with Crippen LogP contribution in [0.15, 0.2) is 41.0 Å². The van der Waals surface area contributed by atoms with Crippen molar-refractivity contribution in [3.8, 4) is 11.3 Å². The van der Waals surface area contributed by atoms with Crippen LogP contribution < -0.4 is 5.32 Å². The Kier molecular flexibility index (Phi) is 6.53. The van der Waals surface area contributed by atoms with Gasteiger partial charge in [-0.3, -0.25) is 0 Å². The molecule has 0 saturated carbocycles. The van der Waals surface area contributed by atoms with Gasteiger partial charge in [0.1, 0.15) is 5.82 Å². The fourth-order valence-electron chi connectivity index (χ4n) is 2.65. The predicted octanol–water partition coefficient (Wildman–Crippen LogP) is 3.73. The van der Waals surface area contributed by atoms with E-state index in [1.807, 2.05) is 42.2 Å². The summed E-state index contributed by atoms with van der Waals surface area (Å²) in [7, 11) is 5.33. The summed E-state index contributed by atoms with van der Waals surface area (Å²) in [4.78, 5) is 6.71. The van der Waals surface area contributed by atoms with Crippen LogP contribution in [0.4, 0.5) is 5.82 Å². The van der Waals surface area contributed by atoms with Crippen molar-refractivity contribution in [2.45, 2.75) is 6.42 Å². The van der Waals surface area contributed by atoms with Crippen molar-refractivity contribution in [3.05, 3.63) is 46.0 Å². The second-order valence-electron chi connectivity index (χ2n) is 5.84. The standard InChI is InChI=1S/C17H19BBrClN5O/c1-24(18-26-2)9-5-8-21-16-10-15(12-6-3-4-7-14(12)20)23-17-13(19)11-22-25(16)17/h3-4,6-7,10-11,21H,5,8-9H2,1-2H3. The van der Waals surface area contributed by atoms with Crippen LogP contribution in [0, 0.1) is 0 Å². The molecule has 6 nitrogen and oxygen atoms in total. The number of aromatic nitrogens is 3. The number of fused-ring (bicyclic) bond motifs is 1. The molecule has 0 amide bonds. The highest BCUT2D eigenvalue weighted by Gasteiger charge is 2.13. The maximum absolute atomic E-state index is 6.35. The quantitative estimate of drug-likeness (QED) is 0.432. The van der Waals surface area contributed by atoms with E-state index in [9.17, 15) is 0 Å². The molecular formula is C17H19BBrClN5O. The molecule has 26 heavy (non-hydrogen) atoms. The molecule has 0 spiro atoms. The van der Waals surface area contributed by atoms with E-state index in [1.165, 1.54) is 0 Å². The molecule has 0 fully saturated rings. The van der Waals surface area contributed by atoms with Gasteiger partial charge < -0.3 is 14.8 Å². The largest absolute Gasteiger partial charge is 0.427 e. The van der Waals surface area contributed by atoms with Crippen molar-refractivity contribution < 1.29 is 4.65 Å². The van der Waals surface area contributed by atoms with Gasteiger partial charge in [-0.15, -0.1) is 0 Å². The number of rotatable bonds is 8. The van der Waals surface area contributed by atoms with E-state index in [1.54, 1.807) is 25.4 Å². The second-order valence-corrected chi connectivity index (χ2v) is 7.10. The molecule has 2 aromatic heterocycles. The number of anilines is 1. The third kappa shape index (κ3) is 4.38. The summed E-state index contributed by atoms with van der Waals surface area (Å²) in [5, 5.41) is 8.51. The Morgan fingerprint density at radius 1 is 1.38 bits per heavy atom. The highest BCUT2D eigenvalue weighted by Crippen LogP contribution is 2.30. The molecule has 0 aliphatic heterocycles. The third-order valence-corrected chi connectivity index (χ3v) is 4.75. The zero-order valence-corrected chi connectivity index (χ0v) is 17.0. The van der Waals surface area contributed by atoms with Crippen molar-refractivity contribution >= 4 is 46.6 Å². The molecule has 135 valence electrons. The van der Waals surface area contributed by atoms with Crippen molar-refractivity contribution in [2.24, 2.45) is 0 Å². The second kappa shape index (κ2) is 8.86. The zero-order chi connectivity index (χ0) is 18.5. The van der Waals surface area contributed by atoms with Gasteiger partial charge in [-0.05, 0) is 42.0 Å². The van der Waals surface area contributed by atoms with Crippen molar-refractivity contribution in [1.82, 2.24) is 19.4 Å². The molecule has 9 heteroatoms. The Hall–Kier alpha value is -1.61. The minimum Gasteiger partial charge on any atom is -0.427 e. The van der Waals surface area contributed by atoms with Gasteiger partial charge in [-0.25, -0.2) is 4.98 Å². The molecule has 1 N–H and O–H groups in total. The molecule has 2 heterocycles. The molecule has 0 saturated heterocycles. The lowest BCUT2D eigenvalue weighted by molar-refractivity contribution is 0.367. The van der Waals surface area contributed by atoms with Gasteiger partial charge in [0.05, 0.1) is 16.4 Å². The van der Waals surface area contributed by atoms with Gasteiger partial charge in [0.2, 0.25) is 0 Å². The lowest BCUT2D eigenvalue weighted by Gasteiger charge is -2.15. The Bertz CT molecular complexity index is 891. The number of hydrogen-bond donors (Lipinski definition) is 1. The zero-order valence-electron chi connectivity index (χ0n) is 14.6. The van der Waals surface area contributed by atoms with Crippen molar-refractivity contribution in [3.63, 3.8) is 0 Å². The van der Waals surface area contributed by atoms with E-state index in [0.29, 0.717) is 5.02 Å². The fraction of sp³-hybridized carbons (Fsp3) is 0.294. The van der Waals surface area contributed by atoms with E-state index in [2.05, 4.69) is 26.3 Å². The summed E-state index contributed by atoms with van der Waals surface area (Å²) in [5.74, 6) is 0.869. The van der Waals surface area contributed by atoms with E-state index in [-0.39, 0.29) is 0 Å².